The second kappa shape index (κ2) is 8.74. The predicted molar refractivity (Wildman–Crippen MR) is 97.9 cm³/mol. The van der Waals surface area contributed by atoms with E-state index in [0.717, 1.165) is 4.31 Å². The molecular weight excluding hydrogens is 373 g/mol. The number of hydrogen-bond donors (Lipinski definition) is 2. The molecule has 0 aliphatic heterocycles. The van der Waals surface area contributed by atoms with Crippen LogP contribution in [0.1, 0.15) is 15.9 Å². The summed E-state index contributed by atoms with van der Waals surface area (Å²) in [6.07, 6.45) is 0. The highest BCUT2D eigenvalue weighted by Crippen LogP contribution is 2.14. The Morgan fingerprint density at radius 1 is 1.04 bits per heavy atom. The molecule has 9 heteroatoms. The second-order valence-electron chi connectivity index (χ2n) is 5.87. The Hall–Kier alpha value is -2.78. The fraction of sp³-hybridized carbons (Fsp3) is 0.222. The maximum absolute atomic E-state index is 13.5. The van der Waals surface area contributed by atoms with Gasteiger partial charge in [0, 0.05) is 31.8 Å². The highest BCUT2D eigenvalue weighted by molar-refractivity contribution is 7.89. The van der Waals surface area contributed by atoms with Crippen molar-refractivity contribution >= 4 is 21.8 Å². The fourth-order valence-electron chi connectivity index (χ4n) is 2.17. The summed E-state index contributed by atoms with van der Waals surface area (Å²) >= 11 is 0. The van der Waals surface area contributed by atoms with Gasteiger partial charge in [0.1, 0.15) is 5.82 Å². The van der Waals surface area contributed by atoms with Crippen LogP contribution in [0.5, 0.6) is 0 Å². The van der Waals surface area contributed by atoms with E-state index in [-0.39, 0.29) is 23.5 Å². The van der Waals surface area contributed by atoms with Gasteiger partial charge in [0.05, 0.1) is 11.4 Å². The summed E-state index contributed by atoms with van der Waals surface area (Å²) < 4.78 is 38.8. The minimum Gasteiger partial charge on any atom is -0.350 e. The molecule has 0 radical (unpaired) electrons. The van der Waals surface area contributed by atoms with Gasteiger partial charge < -0.3 is 10.6 Å². The van der Waals surface area contributed by atoms with Gasteiger partial charge >= 0.3 is 0 Å². The molecule has 2 amide bonds. The normalized spacial score (nSPS) is 11.3. The molecule has 0 unspecified atom stereocenters. The minimum absolute atomic E-state index is 0.00204. The first-order valence-corrected chi connectivity index (χ1v) is 9.46. The Kier molecular flexibility index (Phi) is 6.65. The monoisotopic (exact) mass is 393 g/mol. The predicted octanol–water partition coefficient (Wildman–Crippen LogP) is 1.12. The Bertz CT molecular complexity index is 945. The molecule has 0 aliphatic carbocycles. The molecule has 2 rings (SSSR count). The van der Waals surface area contributed by atoms with E-state index in [1.807, 2.05) is 0 Å². The quantitative estimate of drug-likeness (QED) is 0.737. The maximum Gasteiger partial charge on any atom is 0.251 e. The van der Waals surface area contributed by atoms with E-state index in [2.05, 4.69) is 10.6 Å². The topological polar surface area (TPSA) is 95.6 Å². The molecule has 0 atom stereocenters. The summed E-state index contributed by atoms with van der Waals surface area (Å²) in [6.45, 7) is -0.324. The fourth-order valence-corrected chi connectivity index (χ4v) is 3.12. The van der Waals surface area contributed by atoms with Crippen LogP contribution in [0, 0.1) is 5.82 Å². The van der Waals surface area contributed by atoms with Crippen molar-refractivity contribution < 1.29 is 22.4 Å². The van der Waals surface area contributed by atoms with Crippen LogP contribution in [0.2, 0.25) is 0 Å². The van der Waals surface area contributed by atoms with E-state index in [4.69, 9.17) is 0 Å². The molecule has 0 fully saturated rings. The van der Waals surface area contributed by atoms with Crippen molar-refractivity contribution in [1.82, 2.24) is 14.9 Å². The Labute approximate surface area is 157 Å². The number of hydrogen-bond acceptors (Lipinski definition) is 4. The second-order valence-corrected chi connectivity index (χ2v) is 8.02. The zero-order valence-corrected chi connectivity index (χ0v) is 15.7. The molecule has 27 heavy (non-hydrogen) atoms. The molecule has 0 bridgehead atoms. The number of carbonyl (C=O) groups is 2. The molecule has 0 spiro atoms. The molecule has 2 aromatic carbocycles. The van der Waals surface area contributed by atoms with Gasteiger partial charge in [0.2, 0.25) is 15.9 Å². The van der Waals surface area contributed by atoms with Crippen LogP contribution in [0.4, 0.5) is 4.39 Å². The highest BCUT2D eigenvalue weighted by atomic mass is 32.2. The molecule has 0 aromatic heterocycles. The molecular formula is C18H20FN3O4S. The van der Waals surface area contributed by atoms with Crippen molar-refractivity contribution in [2.45, 2.75) is 11.4 Å². The number of benzene rings is 2. The minimum atomic E-state index is -3.67. The summed E-state index contributed by atoms with van der Waals surface area (Å²) in [7, 11) is -0.887. The van der Waals surface area contributed by atoms with Crippen LogP contribution in [0.15, 0.2) is 53.4 Å². The van der Waals surface area contributed by atoms with Crippen molar-refractivity contribution in [2.75, 3.05) is 20.6 Å². The molecule has 144 valence electrons. The van der Waals surface area contributed by atoms with Gasteiger partial charge in [-0.25, -0.2) is 17.1 Å². The van der Waals surface area contributed by atoms with Crippen LogP contribution >= 0.6 is 0 Å². The first kappa shape index (κ1) is 20.5. The van der Waals surface area contributed by atoms with Crippen LogP contribution in [0.25, 0.3) is 0 Å². The molecule has 0 aliphatic rings. The third-order valence-electron chi connectivity index (χ3n) is 3.72. The first-order chi connectivity index (χ1) is 12.7. The molecule has 7 nitrogen and oxygen atoms in total. The van der Waals surface area contributed by atoms with Gasteiger partial charge in [-0.3, -0.25) is 9.59 Å². The average Bonchev–Trinajstić information content (AvgIpc) is 2.65. The molecule has 0 saturated carbocycles. The summed E-state index contributed by atoms with van der Waals surface area (Å²) in [6, 6.07) is 11.6. The number of nitrogens with zero attached hydrogens (tertiary/aromatic N) is 1. The number of halogens is 1. The molecule has 2 N–H and O–H groups in total. The van der Waals surface area contributed by atoms with E-state index in [1.165, 1.54) is 44.4 Å². The summed E-state index contributed by atoms with van der Waals surface area (Å²) in [5, 5.41) is 4.91. The number of amides is 2. The van der Waals surface area contributed by atoms with E-state index in [1.54, 1.807) is 18.2 Å². The highest BCUT2D eigenvalue weighted by Gasteiger charge is 2.19. The third kappa shape index (κ3) is 5.35. The van der Waals surface area contributed by atoms with Crippen molar-refractivity contribution in [3.8, 4) is 0 Å². The summed E-state index contributed by atoms with van der Waals surface area (Å²) in [4.78, 5) is 24.0. The average molecular weight is 393 g/mol. The lowest BCUT2D eigenvalue weighted by Gasteiger charge is -2.12. The van der Waals surface area contributed by atoms with E-state index >= 15 is 0 Å². The van der Waals surface area contributed by atoms with Gasteiger partial charge in [-0.1, -0.05) is 24.3 Å². The Morgan fingerprint density at radius 2 is 1.74 bits per heavy atom. The number of carbonyl (C=O) groups excluding carboxylic acids is 2. The van der Waals surface area contributed by atoms with Gasteiger partial charge in [-0.05, 0) is 24.3 Å². The third-order valence-corrected chi connectivity index (χ3v) is 5.53. The van der Waals surface area contributed by atoms with Crippen molar-refractivity contribution in [3.63, 3.8) is 0 Å². The lowest BCUT2D eigenvalue weighted by molar-refractivity contribution is -0.120. The molecule has 0 saturated heterocycles. The van der Waals surface area contributed by atoms with Crippen molar-refractivity contribution in [1.29, 1.82) is 0 Å². The lowest BCUT2D eigenvalue weighted by atomic mass is 10.2. The number of rotatable bonds is 7. The molecule has 2 aromatic rings. The molecule has 0 heterocycles. The Morgan fingerprint density at radius 3 is 2.41 bits per heavy atom. The maximum atomic E-state index is 13.5. The zero-order chi connectivity index (χ0) is 20.0. The largest absolute Gasteiger partial charge is 0.350 e. The summed E-state index contributed by atoms with van der Waals surface area (Å²) in [5.74, 6) is -1.52. The standard InChI is InChI=1S/C18H20FN3O4S/c1-22(2)27(25,26)15-8-5-7-13(10-15)18(24)21-12-17(23)20-11-14-6-3-4-9-16(14)19/h3-10H,11-12H2,1-2H3,(H,20,23)(H,21,24). The van der Waals surface area contributed by atoms with Gasteiger partial charge in [0.25, 0.3) is 5.91 Å². The van der Waals surface area contributed by atoms with Gasteiger partial charge in [-0.15, -0.1) is 0 Å². The Balaban J connectivity index is 1.94. The SMILES string of the molecule is CN(C)S(=O)(=O)c1cccc(C(=O)NCC(=O)NCc2ccccc2F)c1. The zero-order valence-electron chi connectivity index (χ0n) is 14.9. The van der Waals surface area contributed by atoms with E-state index < -0.39 is 27.7 Å². The van der Waals surface area contributed by atoms with Gasteiger partial charge in [-0.2, -0.15) is 0 Å². The van der Waals surface area contributed by atoms with Crippen LogP contribution in [-0.2, 0) is 21.4 Å². The van der Waals surface area contributed by atoms with Crippen LogP contribution in [0.3, 0.4) is 0 Å². The number of sulfonamides is 1. The number of nitrogens with one attached hydrogen (secondary N) is 2. The van der Waals surface area contributed by atoms with Crippen LogP contribution in [-0.4, -0.2) is 45.2 Å². The first-order valence-electron chi connectivity index (χ1n) is 8.02. The van der Waals surface area contributed by atoms with Crippen molar-refractivity contribution in [3.05, 3.63) is 65.5 Å². The van der Waals surface area contributed by atoms with Gasteiger partial charge in [0.15, 0.2) is 0 Å². The van der Waals surface area contributed by atoms with Crippen LogP contribution < -0.4 is 10.6 Å². The summed E-state index contributed by atoms with van der Waals surface area (Å²) in [5.41, 5.74) is 0.443. The smallest absolute Gasteiger partial charge is 0.251 e. The van der Waals surface area contributed by atoms with Crippen molar-refractivity contribution in [2.24, 2.45) is 0 Å². The van der Waals surface area contributed by atoms with E-state index in [0.29, 0.717) is 5.56 Å². The van der Waals surface area contributed by atoms with E-state index in [9.17, 15) is 22.4 Å². The lowest BCUT2D eigenvalue weighted by Crippen LogP contribution is -2.36.